The average Bonchev–Trinajstić information content (AvgIpc) is 2.89. The molecule has 0 saturated heterocycles. The highest BCUT2D eigenvalue weighted by molar-refractivity contribution is 6.31. The molecule has 7 heteroatoms. The molecule has 0 atom stereocenters. The fraction of sp³-hybridized carbons (Fsp3) is 0.154. The maximum absolute atomic E-state index is 11.8. The molecule has 0 spiro atoms. The van der Waals surface area contributed by atoms with Crippen molar-refractivity contribution < 1.29 is 14.3 Å². The number of esters is 1. The number of nitrogens with one attached hydrogen (secondary N) is 1. The summed E-state index contributed by atoms with van der Waals surface area (Å²) in [6.45, 7) is 0.0765. The summed E-state index contributed by atoms with van der Waals surface area (Å²) in [6, 6.07) is 6.24. The molecule has 0 bridgehead atoms. The predicted octanol–water partition coefficient (Wildman–Crippen LogP) is 1.96. The Balaban J connectivity index is 2.10. The molecule has 0 radical (unpaired) electrons. The Morgan fingerprint density at radius 2 is 2.20 bits per heavy atom. The second-order valence-corrected chi connectivity index (χ2v) is 4.41. The van der Waals surface area contributed by atoms with Gasteiger partial charge in [0.2, 0.25) is 5.91 Å². The van der Waals surface area contributed by atoms with Crippen LogP contribution in [0.2, 0.25) is 5.02 Å². The summed E-state index contributed by atoms with van der Waals surface area (Å²) in [7, 11) is 1.28. The van der Waals surface area contributed by atoms with Crippen LogP contribution in [0.4, 0.5) is 5.69 Å². The molecule has 0 aliphatic rings. The Labute approximate surface area is 120 Å². The molecule has 1 aromatic heterocycles. The summed E-state index contributed by atoms with van der Waals surface area (Å²) < 4.78 is 6.10. The molecule has 2 rings (SSSR count). The first-order chi connectivity index (χ1) is 9.58. The number of hydrogen-bond donors (Lipinski definition) is 1. The van der Waals surface area contributed by atoms with E-state index in [1.165, 1.54) is 23.9 Å². The number of nitrogens with zero attached hydrogens (tertiary/aromatic N) is 2. The molecule has 6 nitrogen and oxygen atoms in total. The molecule has 1 heterocycles. The van der Waals surface area contributed by atoms with Crippen LogP contribution >= 0.6 is 11.6 Å². The van der Waals surface area contributed by atoms with Crippen molar-refractivity contribution >= 4 is 29.2 Å². The summed E-state index contributed by atoms with van der Waals surface area (Å²) in [5.41, 5.74) is 0.699. The van der Waals surface area contributed by atoms with Crippen LogP contribution in [0, 0.1) is 0 Å². The Kier molecular flexibility index (Phi) is 4.37. The van der Waals surface area contributed by atoms with Gasteiger partial charge in [-0.3, -0.25) is 9.48 Å². The molecule has 104 valence electrons. The number of halogens is 1. The first-order valence-electron chi connectivity index (χ1n) is 5.74. The van der Waals surface area contributed by atoms with E-state index in [0.29, 0.717) is 10.7 Å². The molecule has 0 aliphatic carbocycles. The van der Waals surface area contributed by atoms with Crippen molar-refractivity contribution in [2.24, 2.45) is 0 Å². The lowest BCUT2D eigenvalue weighted by Gasteiger charge is -2.08. The van der Waals surface area contributed by atoms with Crippen molar-refractivity contribution in [1.82, 2.24) is 9.78 Å². The zero-order valence-corrected chi connectivity index (χ0v) is 11.4. The van der Waals surface area contributed by atoms with Gasteiger partial charge in [-0.1, -0.05) is 11.6 Å². The minimum Gasteiger partial charge on any atom is -0.465 e. The number of ether oxygens (including phenoxy) is 1. The maximum atomic E-state index is 11.8. The normalized spacial score (nSPS) is 10.1. The van der Waals surface area contributed by atoms with Gasteiger partial charge in [-0.05, 0) is 24.3 Å². The van der Waals surface area contributed by atoms with E-state index >= 15 is 0 Å². The third-order valence-electron chi connectivity index (χ3n) is 2.47. The molecule has 0 saturated carbocycles. The molecule has 0 unspecified atom stereocenters. The Morgan fingerprint density at radius 1 is 1.40 bits per heavy atom. The van der Waals surface area contributed by atoms with Crippen molar-refractivity contribution in [1.29, 1.82) is 0 Å². The largest absolute Gasteiger partial charge is 0.465 e. The smallest absolute Gasteiger partial charge is 0.337 e. The average molecular weight is 294 g/mol. The van der Waals surface area contributed by atoms with E-state index < -0.39 is 5.97 Å². The highest BCUT2D eigenvalue weighted by atomic mass is 35.5. The van der Waals surface area contributed by atoms with E-state index in [4.69, 9.17) is 11.6 Å². The minimum atomic E-state index is -0.518. The van der Waals surface area contributed by atoms with Gasteiger partial charge in [0, 0.05) is 23.1 Å². The highest BCUT2D eigenvalue weighted by Crippen LogP contribution is 2.19. The van der Waals surface area contributed by atoms with Crippen LogP contribution in [0.3, 0.4) is 0 Å². The Bertz CT molecular complexity index is 626. The topological polar surface area (TPSA) is 73.2 Å². The monoisotopic (exact) mass is 293 g/mol. The second-order valence-electron chi connectivity index (χ2n) is 3.97. The number of hydrogen-bond acceptors (Lipinski definition) is 4. The number of carbonyl (C=O) groups is 2. The number of amides is 1. The van der Waals surface area contributed by atoms with Gasteiger partial charge in [0.25, 0.3) is 0 Å². The number of anilines is 1. The molecule has 0 aliphatic heterocycles. The van der Waals surface area contributed by atoms with Crippen LogP contribution in [0.5, 0.6) is 0 Å². The van der Waals surface area contributed by atoms with E-state index in [-0.39, 0.29) is 18.0 Å². The molecule has 0 fully saturated rings. The number of aromatic nitrogens is 2. The highest BCUT2D eigenvalue weighted by Gasteiger charge is 2.10. The minimum absolute atomic E-state index is 0.0765. The summed E-state index contributed by atoms with van der Waals surface area (Å²) in [6.07, 6.45) is 3.26. The summed E-state index contributed by atoms with van der Waals surface area (Å²) in [4.78, 5) is 23.3. The third kappa shape index (κ3) is 3.58. The van der Waals surface area contributed by atoms with Crippen molar-refractivity contribution in [2.45, 2.75) is 6.54 Å². The predicted molar refractivity (Wildman–Crippen MR) is 73.6 cm³/mol. The number of rotatable bonds is 4. The van der Waals surface area contributed by atoms with Gasteiger partial charge in [0.15, 0.2) is 0 Å². The van der Waals surface area contributed by atoms with Crippen molar-refractivity contribution in [3.63, 3.8) is 0 Å². The molecular weight excluding hydrogens is 282 g/mol. The molecule has 1 aromatic carbocycles. The van der Waals surface area contributed by atoms with Gasteiger partial charge in [-0.25, -0.2) is 4.79 Å². The first kappa shape index (κ1) is 14.1. The van der Waals surface area contributed by atoms with E-state index in [1.54, 1.807) is 24.5 Å². The lowest BCUT2D eigenvalue weighted by atomic mass is 10.2. The second kappa shape index (κ2) is 6.21. The lowest BCUT2D eigenvalue weighted by Crippen LogP contribution is -2.19. The van der Waals surface area contributed by atoms with Gasteiger partial charge in [0.1, 0.15) is 6.54 Å². The van der Waals surface area contributed by atoms with Crippen molar-refractivity contribution in [3.05, 3.63) is 47.2 Å². The van der Waals surface area contributed by atoms with E-state index in [0.717, 1.165) is 0 Å². The fourth-order valence-corrected chi connectivity index (χ4v) is 1.87. The van der Waals surface area contributed by atoms with E-state index in [9.17, 15) is 9.59 Å². The summed E-state index contributed by atoms with van der Waals surface area (Å²) in [5.74, 6) is -0.790. The SMILES string of the molecule is COC(=O)c1cc(Cl)cc(NC(=O)Cn2cccn2)c1. The van der Waals surface area contributed by atoms with Crippen LogP contribution < -0.4 is 5.32 Å². The Hall–Kier alpha value is -2.34. The summed E-state index contributed by atoms with van der Waals surface area (Å²) in [5, 5.41) is 6.91. The maximum Gasteiger partial charge on any atom is 0.337 e. The van der Waals surface area contributed by atoms with Crippen LogP contribution in [0.1, 0.15) is 10.4 Å². The number of benzene rings is 1. The standard InChI is InChI=1S/C13H12ClN3O3/c1-20-13(19)9-5-10(14)7-11(6-9)16-12(18)8-17-4-2-3-15-17/h2-7H,8H2,1H3,(H,16,18). The van der Waals surface area contributed by atoms with Gasteiger partial charge in [-0.15, -0.1) is 0 Å². The van der Waals surface area contributed by atoms with Gasteiger partial charge >= 0.3 is 5.97 Å². The molecule has 1 N–H and O–H groups in total. The zero-order chi connectivity index (χ0) is 14.5. The van der Waals surface area contributed by atoms with Gasteiger partial charge in [-0.2, -0.15) is 5.10 Å². The molecular formula is C13H12ClN3O3. The van der Waals surface area contributed by atoms with Crippen LogP contribution in [-0.2, 0) is 16.1 Å². The quantitative estimate of drug-likeness (QED) is 0.875. The molecule has 20 heavy (non-hydrogen) atoms. The molecule has 1 amide bonds. The fourth-order valence-electron chi connectivity index (χ4n) is 1.64. The molecule has 2 aromatic rings. The summed E-state index contributed by atoms with van der Waals surface area (Å²) >= 11 is 5.90. The first-order valence-corrected chi connectivity index (χ1v) is 6.12. The van der Waals surface area contributed by atoms with Crippen LogP contribution in [-0.4, -0.2) is 28.8 Å². The van der Waals surface area contributed by atoms with Gasteiger partial charge in [0.05, 0.1) is 12.7 Å². The van der Waals surface area contributed by atoms with Crippen molar-refractivity contribution in [3.8, 4) is 0 Å². The van der Waals surface area contributed by atoms with Gasteiger partial charge < -0.3 is 10.1 Å². The van der Waals surface area contributed by atoms with E-state index in [2.05, 4.69) is 15.2 Å². The number of carbonyl (C=O) groups excluding carboxylic acids is 2. The zero-order valence-electron chi connectivity index (χ0n) is 10.7. The van der Waals surface area contributed by atoms with Crippen LogP contribution in [0.25, 0.3) is 0 Å². The van der Waals surface area contributed by atoms with Crippen molar-refractivity contribution in [2.75, 3.05) is 12.4 Å². The number of methoxy groups -OCH3 is 1. The van der Waals surface area contributed by atoms with E-state index in [1.807, 2.05) is 0 Å². The third-order valence-corrected chi connectivity index (χ3v) is 2.69. The Morgan fingerprint density at radius 3 is 2.85 bits per heavy atom. The van der Waals surface area contributed by atoms with Crippen LogP contribution in [0.15, 0.2) is 36.7 Å². The lowest BCUT2D eigenvalue weighted by molar-refractivity contribution is -0.116.